The van der Waals surface area contributed by atoms with E-state index in [1.165, 1.54) is 24.0 Å². The number of aryl methyl sites for hydroxylation is 2. The molecule has 0 amide bonds. The van der Waals surface area contributed by atoms with E-state index in [9.17, 15) is 4.79 Å². The average Bonchev–Trinajstić information content (AvgIpc) is 3.14. The van der Waals surface area contributed by atoms with Gasteiger partial charge in [0.2, 0.25) is 0 Å². The first-order chi connectivity index (χ1) is 8.15. The van der Waals surface area contributed by atoms with Crippen LogP contribution in [0.5, 0.6) is 5.75 Å². The fourth-order valence-corrected chi connectivity index (χ4v) is 2.15. The van der Waals surface area contributed by atoms with Crippen LogP contribution in [0.2, 0.25) is 0 Å². The molecule has 0 N–H and O–H groups in total. The van der Waals surface area contributed by atoms with E-state index in [-0.39, 0.29) is 5.97 Å². The lowest BCUT2D eigenvalue weighted by atomic mass is 10.00. The quantitative estimate of drug-likeness (QED) is 0.583. The van der Waals surface area contributed by atoms with Gasteiger partial charge in [0, 0.05) is 6.42 Å². The number of carbonyl (C=O) groups excluding carboxylic acids is 1. The Hall–Kier alpha value is -1.31. The second kappa shape index (κ2) is 4.91. The maximum absolute atomic E-state index is 11.5. The van der Waals surface area contributed by atoms with Crippen molar-refractivity contribution in [3.63, 3.8) is 0 Å². The Bertz CT molecular complexity index is 431. The van der Waals surface area contributed by atoms with E-state index in [4.69, 9.17) is 4.74 Å². The summed E-state index contributed by atoms with van der Waals surface area (Å²) in [5.74, 6) is 1.32. The maximum Gasteiger partial charge on any atom is 0.310 e. The summed E-state index contributed by atoms with van der Waals surface area (Å²) in [6, 6.07) is 4.30. The molecule has 0 unspecified atom stereocenters. The molecule has 0 atom stereocenters. The van der Waals surface area contributed by atoms with Crippen LogP contribution < -0.4 is 4.74 Å². The molecular formula is C15H20O2. The van der Waals surface area contributed by atoms with Crippen LogP contribution in [0.4, 0.5) is 0 Å². The molecule has 1 aliphatic rings. The third kappa shape index (κ3) is 2.68. The Morgan fingerprint density at radius 3 is 2.59 bits per heavy atom. The number of ether oxygens (including phenoxy) is 1. The molecule has 0 heterocycles. The lowest BCUT2D eigenvalue weighted by Crippen LogP contribution is -2.09. The molecule has 17 heavy (non-hydrogen) atoms. The van der Waals surface area contributed by atoms with Gasteiger partial charge < -0.3 is 4.74 Å². The minimum atomic E-state index is -0.134. The Morgan fingerprint density at radius 2 is 2.06 bits per heavy atom. The second-order valence-electron chi connectivity index (χ2n) is 4.80. The van der Waals surface area contributed by atoms with E-state index >= 15 is 0 Å². The third-order valence-corrected chi connectivity index (χ3v) is 3.24. The van der Waals surface area contributed by atoms with Crippen LogP contribution in [0.3, 0.4) is 0 Å². The molecule has 0 bridgehead atoms. The topological polar surface area (TPSA) is 26.3 Å². The zero-order chi connectivity index (χ0) is 12.4. The normalized spacial score (nSPS) is 14.8. The SMILES string of the molecule is CCC(=O)Oc1c(CC)cc(C)cc1C1CC1. The molecule has 1 aromatic carbocycles. The van der Waals surface area contributed by atoms with Crippen LogP contribution >= 0.6 is 0 Å². The summed E-state index contributed by atoms with van der Waals surface area (Å²) in [6.07, 6.45) is 3.79. The van der Waals surface area contributed by atoms with Crippen LogP contribution in [0.15, 0.2) is 12.1 Å². The summed E-state index contributed by atoms with van der Waals surface area (Å²) in [7, 11) is 0. The van der Waals surface area contributed by atoms with Gasteiger partial charge in [-0.05, 0) is 43.2 Å². The van der Waals surface area contributed by atoms with Crippen molar-refractivity contribution in [2.45, 2.75) is 52.4 Å². The third-order valence-electron chi connectivity index (χ3n) is 3.24. The standard InChI is InChI=1S/C15H20O2/c1-4-11-8-10(3)9-13(12-6-7-12)15(11)17-14(16)5-2/h8-9,12H,4-7H2,1-3H3. The highest BCUT2D eigenvalue weighted by Gasteiger charge is 2.28. The molecule has 0 aliphatic heterocycles. The van der Waals surface area contributed by atoms with E-state index in [0.717, 1.165) is 17.7 Å². The number of hydrogen-bond acceptors (Lipinski definition) is 2. The van der Waals surface area contributed by atoms with Crippen LogP contribution in [-0.2, 0) is 11.2 Å². The van der Waals surface area contributed by atoms with Gasteiger partial charge >= 0.3 is 5.97 Å². The van der Waals surface area contributed by atoms with Gasteiger partial charge in [0.05, 0.1) is 0 Å². The Morgan fingerprint density at radius 1 is 1.35 bits per heavy atom. The van der Waals surface area contributed by atoms with Crippen molar-refractivity contribution in [3.8, 4) is 5.75 Å². The van der Waals surface area contributed by atoms with Crippen molar-refractivity contribution in [2.75, 3.05) is 0 Å². The first-order valence-corrected chi connectivity index (χ1v) is 6.49. The molecule has 1 aliphatic carbocycles. The van der Waals surface area contributed by atoms with Gasteiger partial charge in [0.1, 0.15) is 5.75 Å². The van der Waals surface area contributed by atoms with E-state index in [2.05, 4.69) is 26.0 Å². The predicted octanol–water partition coefficient (Wildman–Crippen LogP) is 3.75. The number of rotatable bonds is 4. The van der Waals surface area contributed by atoms with Crippen molar-refractivity contribution < 1.29 is 9.53 Å². The fraction of sp³-hybridized carbons (Fsp3) is 0.533. The van der Waals surface area contributed by atoms with Gasteiger partial charge in [-0.1, -0.05) is 31.5 Å². The van der Waals surface area contributed by atoms with Gasteiger partial charge in [0.15, 0.2) is 0 Å². The van der Waals surface area contributed by atoms with Gasteiger partial charge in [-0.25, -0.2) is 0 Å². The first kappa shape index (κ1) is 12.2. The molecule has 0 spiro atoms. The molecule has 1 aromatic rings. The molecule has 0 aromatic heterocycles. The number of carbonyl (C=O) groups is 1. The van der Waals surface area contributed by atoms with Gasteiger partial charge in [-0.3, -0.25) is 4.79 Å². The van der Waals surface area contributed by atoms with Crippen LogP contribution in [0.25, 0.3) is 0 Å². The van der Waals surface area contributed by atoms with Crippen LogP contribution in [-0.4, -0.2) is 5.97 Å². The highest BCUT2D eigenvalue weighted by Crippen LogP contribution is 2.46. The van der Waals surface area contributed by atoms with E-state index in [0.29, 0.717) is 12.3 Å². The Labute approximate surface area is 103 Å². The summed E-state index contributed by atoms with van der Waals surface area (Å²) in [5, 5.41) is 0. The molecule has 1 saturated carbocycles. The van der Waals surface area contributed by atoms with Crippen LogP contribution in [0, 0.1) is 6.92 Å². The maximum atomic E-state index is 11.5. The van der Waals surface area contributed by atoms with Crippen molar-refractivity contribution in [3.05, 3.63) is 28.8 Å². The largest absolute Gasteiger partial charge is 0.426 e. The van der Waals surface area contributed by atoms with Crippen molar-refractivity contribution in [1.82, 2.24) is 0 Å². The summed E-state index contributed by atoms with van der Waals surface area (Å²) >= 11 is 0. The Kier molecular flexibility index (Phi) is 3.51. The summed E-state index contributed by atoms with van der Waals surface area (Å²) in [6.45, 7) is 6.05. The predicted molar refractivity (Wildman–Crippen MR) is 68.5 cm³/mol. The smallest absolute Gasteiger partial charge is 0.310 e. The first-order valence-electron chi connectivity index (χ1n) is 6.49. The second-order valence-corrected chi connectivity index (χ2v) is 4.80. The molecule has 2 heteroatoms. The fourth-order valence-electron chi connectivity index (χ4n) is 2.15. The summed E-state index contributed by atoms with van der Waals surface area (Å²) < 4.78 is 5.53. The highest BCUT2D eigenvalue weighted by molar-refractivity contribution is 5.73. The molecule has 2 rings (SSSR count). The highest BCUT2D eigenvalue weighted by atomic mass is 16.5. The molecule has 1 fully saturated rings. The zero-order valence-corrected chi connectivity index (χ0v) is 10.9. The summed E-state index contributed by atoms with van der Waals surface area (Å²) in [5.41, 5.74) is 3.66. The monoisotopic (exact) mass is 232 g/mol. The van der Waals surface area contributed by atoms with E-state index < -0.39 is 0 Å². The van der Waals surface area contributed by atoms with Crippen molar-refractivity contribution in [1.29, 1.82) is 0 Å². The lowest BCUT2D eigenvalue weighted by molar-refractivity contribution is -0.134. The number of hydrogen-bond donors (Lipinski definition) is 0. The van der Waals surface area contributed by atoms with Crippen molar-refractivity contribution >= 4 is 5.97 Å². The zero-order valence-electron chi connectivity index (χ0n) is 10.9. The molecule has 0 radical (unpaired) electrons. The minimum absolute atomic E-state index is 0.134. The number of esters is 1. The lowest BCUT2D eigenvalue weighted by Gasteiger charge is -2.14. The van der Waals surface area contributed by atoms with E-state index in [1.54, 1.807) is 0 Å². The van der Waals surface area contributed by atoms with Crippen LogP contribution in [0.1, 0.15) is 55.7 Å². The Balaban J connectivity index is 2.40. The summed E-state index contributed by atoms with van der Waals surface area (Å²) in [4.78, 5) is 11.5. The minimum Gasteiger partial charge on any atom is -0.426 e. The molecule has 2 nitrogen and oxygen atoms in total. The van der Waals surface area contributed by atoms with Crippen molar-refractivity contribution in [2.24, 2.45) is 0 Å². The average molecular weight is 232 g/mol. The van der Waals surface area contributed by atoms with Gasteiger partial charge in [-0.2, -0.15) is 0 Å². The number of benzene rings is 1. The van der Waals surface area contributed by atoms with Gasteiger partial charge in [-0.15, -0.1) is 0 Å². The molecular weight excluding hydrogens is 212 g/mol. The molecule has 0 saturated heterocycles. The van der Waals surface area contributed by atoms with Gasteiger partial charge in [0.25, 0.3) is 0 Å². The van der Waals surface area contributed by atoms with E-state index in [1.807, 2.05) is 6.92 Å². The molecule has 92 valence electrons.